The van der Waals surface area contributed by atoms with Crippen LogP contribution >= 0.6 is 23.2 Å². The van der Waals surface area contributed by atoms with Crippen molar-refractivity contribution >= 4 is 40.6 Å². The standard InChI is InChI=1S/C20H19Cl2F2N3O3/c21-11-7-13(22)19(25-8-11)27-6-5-20(29,16(24)9-27)10-30-15-3-2-14(23)18-12(15)1-4-17(28)26-18/h2-3,7-8,16,29H,1,4-6,9-10H2,(H,26,28). The number of nitrogens with one attached hydrogen (secondary N) is 1. The highest BCUT2D eigenvalue weighted by atomic mass is 35.5. The molecule has 4 rings (SSSR count). The molecule has 2 aliphatic rings. The van der Waals surface area contributed by atoms with Crippen molar-refractivity contribution in [3.63, 3.8) is 0 Å². The minimum atomic E-state index is -1.73. The van der Waals surface area contributed by atoms with Gasteiger partial charge in [0.05, 0.1) is 22.3 Å². The first-order valence-electron chi connectivity index (χ1n) is 9.43. The summed E-state index contributed by atoms with van der Waals surface area (Å²) in [6, 6.07) is 4.13. The number of rotatable bonds is 4. The smallest absolute Gasteiger partial charge is 0.224 e. The molecule has 6 nitrogen and oxygen atoms in total. The second-order valence-electron chi connectivity index (χ2n) is 7.46. The summed E-state index contributed by atoms with van der Waals surface area (Å²) in [6.45, 7) is -0.117. The summed E-state index contributed by atoms with van der Waals surface area (Å²) in [4.78, 5) is 17.3. The zero-order chi connectivity index (χ0) is 21.5. The first-order chi connectivity index (χ1) is 14.3. The quantitative estimate of drug-likeness (QED) is 0.730. The Morgan fingerprint density at radius 2 is 2.17 bits per heavy atom. The fourth-order valence-corrected chi connectivity index (χ4v) is 4.20. The van der Waals surface area contributed by atoms with E-state index in [1.165, 1.54) is 24.4 Å². The number of aromatic nitrogens is 1. The third kappa shape index (κ3) is 4.04. The molecular weight excluding hydrogens is 439 g/mol. The highest BCUT2D eigenvalue weighted by Crippen LogP contribution is 2.36. The SMILES string of the molecule is O=C1CCc2c(OCC3(O)CCN(c4ncc(Cl)cc4Cl)CC3F)ccc(F)c2N1. The van der Waals surface area contributed by atoms with Crippen LogP contribution in [0.25, 0.3) is 0 Å². The van der Waals surface area contributed by atoms with E-state index in [4.69, 9.17) is 27.9 Å². The van der Waals surface area contributed by atoms with Crippen molar-refractivity contribution in [1.82, 2.24) is 4.98 Å². The lowest BCUT2D eigenvalue weighted by molar-refractivity contribution is -0.116. The lowest BCUT2D eigenvalue weighted by atomic mass is 9.90. The molecule has 30 heavy (non-hydrogen) atoms. The number of pyridine rings is 1. The maximum Gasteiger partial charge on any atom is 0.224 e. The average molecular weight is 458 g/mol. The summed E-state index contributed by atoms with van der Waals surface area (Å²) in [6.07, 6.45) is 0.383. The number of piperidine rings is 1. The van der Waals surface area contributed by atoms with E-state index in [0.717, 1.165) is 0 Å². The number of fused-ring (bicyclic) bond motifs is 1. The van der Waals surface area contributed by atoms with Crippen molar-refractivity contribution in [1.29, 1.82) is 0 Å². The highest BCUT2D eigenvalue weighted by Gasteiger charge is 2.44. The number of aliphatic hydroxyl groups is 1. The van der Waals surface area contributed by atoms with Gasteiger partial charge in [0.15, 0.2) is 0 Å². The predicted molar refractivity (Wildman–Crippen MR) is 110 cm³/mol. The van der Waals surface area contributed by atoms with Crippen LogP contribution < -0.4 is 15.0 Å². The number of hydrogen-bond acceptors (Lipinski definition) is 5. The number of benzene rings is 1. The Bertz CT molecular complexity index is 994. The molecule has 10 heteroatoms. The molecule has 2 aromatic rings. The minimum absolute atomic E-state index is 0.0748. The van der Waals surface area contributed by atoms with Gasteiger partial charge in [-0.1, -0.05) is 23.2 Å². The maximum atomic E-state index is 15.0. The third-order valence-corrected chi connectivity index (χ3v) is 5.91. The average Bonchev–Trinajstić information content (AvgIpc) is 2.70. The van der Waals surface area contributed by atoms with E-state index in [1.807, 2.05) is 0 Å². The zero-order valence-electron chi connectivity index (χ0n) is 15.8. The van der Waals surface area contributed by atoms with Crippen LogP contribution in [-0.4, -0.2) is 47.5 Å². The fraction of sp³-hybridized carbons (Fsp3) is 0.400. The summed E-state index contributed by atoms with van der Waals surface area (Å²) in [5, 5.41) is 14.0. The molecule has 3 heterocycles. The van der Waals surface area contributed by atoms with E-state index < -0.39 is 17.6 Å². The van der Waals surface area contributed by atoms with Gasteiger partial charge in [-0.3, -0.25) is 4.79 Å². The first-order valence-corrected chi connectivity index (χ1v) is 10.2. The van der Waals surface area contributed by atoms with Gasteiger partial charge in [0.2, 0.25) is 5.91 Å². The Hall–Kier alpha value is -2.16. The number of halogens is 4. The number of anilines is 2. The summed E-state index contributed by atoms with van der Waals surface area (Å²) >= 11 is 12.0. The topological polar surface area (TPSA) is 74.7 Å². The molecule has 2 N–H and O–H groups in total. The van der Waals surface area contributed by atoms with Crippen LogP contribution in [0.1, 0.15) is 18.4 Å². The van der Waals surface area contributed by atoms with Crippen molar-refractivity contribution < 1.29 is 23.4 Å². The van der Waals surface area contributed by atoms with Crippen molar-refractivity contribution in [2.75, 3.05) is 29.9 Å². The second kappa shape index (κ2) is 8.17. The normalized spacial score (nSPS) is 23.7. The molecule has 0 saturated carbocycles. The van der Waals surface area contributed by atoms with Crippen LogP contribution in [0.4, 0.5) is 20.3 Å². The molecule has 0 aliphatic carbocycles. The zero-order valence-corrected chi connectivity index (χ0v) is 17.3. The van der Waals surface area contributed by atoms with Crippen LogP contribution in [0.2, 0.25) is 10.0 Å². The molecule has 1 aromatic heterocycles. The Balaban J connectivity index is 1.46. The summed E-state index contributed by atoms with van der Waals surface area (Å²) in [5.74, 6) is -0.122. The number of hydrogen-bond donors (Lipinski definition) is 2. The first kappa shape index (κ1) is 21.1. The van der Waals surface area contributed by atoms with Crippen molar-refractivity contribution in [3.8, 4) is 5.75 Å². The van der Waals surface area contributed by atoms with Gasteiger partial charge in [0.1, 0.15) is 35.8 Å². The van der Waals surface area contributed by atoms with Gasteiger partial charge in [0.25, 0.3) is 0 Å². The van der Waals surface area contributed by atoms with E-state index in [0.29, 0.717) is 40.1 Å². The van der Waals surface area contributed by atoms with Gasteiger partial charge >= 0.3 is 0 Å². The molecule has 0 spiro atoms. The molecule has 1 amide bonds. The van der Waals surface area contributed by atoms with Gasteiger partial charge < -0.3 is 20.1 Å². The van der Waals surface area contributed by atoms with Gasteiger partial charge in [-0.25, -0.2) is 13.8 Å². The van der Waals surface area contributed by atoms with E-state index >= 15 is 0 Å². The number of amides is 1. The lowest BCUT2D eigenvalue weighted by Gasteiger charge is -2.41. The predicted octanol–water partition coefficient (Wildman–Crippen LogP) is 3.77. The van der Waals surface area contributed by atoms with E-state index in [2.05, 4.69) is 10.3 Å². The number of ether oxygens (including phenoxy) is 1. The minimum Gasteiger partial charge on any atom is -0.490 e. The van der Waals surface area contributed by atoms with Crippen LogP contribution in [0, 0.1) is 5.82 Å². The highest BCUT2D eigenvalue weighted by molar-refractivity contribution is 6.36. The molecular formula is C20H19Cl2F2N3O3. The Kier molecular flexibility index (Phi) is 5.74. The number of carbonyl (C=O) groups is 1. The van der Waals surface area contributed by atoms with Crippen LogP contribution in [0.3, 0.4) is 0 Å². The van der Waals surface area contributed by atoms with E-state index in [1.54, 1.807) is 4.90 Å². The molecule has 2 aliphatic heterocycles. The van der Waals surface area contributed by atoms with Crippen LogP contribution in [-0.2, 0) is 11.2 Å². The van der Waals surface area contributed by atoms with Crippen LogP contribution in [0.5, 0.6) is 5.75 Å². The van der Waals surface area contributed by atoms with E-state index in [9.17, 15) is 18.7 Å². The fourth-order valence-electron chi connectivity index (χ4n) is 3.70. The summed E-state index contributed by atoms with van der Waals surface area (Å²) in [5.41, 5.74) is -1.15. The Labute approximate surface area is 181 Å². The largest absolute Gasteiger partial charge is 0.490 e. The second-order valence-corrected chi connectivity index (χ2v) is 8.31. The van der Waals surface area contributed by atoms with Crippen molar-refractivity contribution in [3.05, 3.63) is 45.8 Å². The van der Waals surface area contributed by atoms with Gasteiger partial charge in [-0.15, -0.1) is 0 Å². The number of nitrogens with zero attached hydrogens (tertiary/aromatic N) is 2. The molecule has 0 bridgehead atoms. The third-order valence-electron chi connectivity index (χ3n) is 5.43. The molecule has 1 saturated heterocycles. The maximum absolute atomic E-state index is 15.0. The summed E-state index contributed by atoms with van der Waals surface area (Å²) in [7, 11) is 0. The number of carbonyl (C=O) groups excluding carboxylic acids is 1. The van der Waals surface area contributed by atoms with Crippen LogP contribution in [0.15, 0.2) is 24.4 Å². The van der Waals surface area contributed by atoms with E-state index in [-0.39, 0.29) is 37.6 Å². The molecule has 0 radical (unpaired) electrons. The molecule has 1 fully saturated rings. The Morgan fingerprint density at radius 3 is 2.90 bits per heavy atom. The summed E-state index contributed by atoms with van der Waals surface area (Å²) < 4.78 is 34.7. The molecule has 1 aromatic carbocycles. The van der Waals surface area contributed by atoms with Gasteiger partial charge in [0, 0.05) is 24.7 Å². The Morgan fingerprint density at radius 1 is 1.37 bits per heavy atom. The number of alkyl halides is 1. The van der Waals surface area contributed by atoms with Crippen molar-refractivity contribution in [2.45, 2.75) is 31.0 Å². The van der Waals surface area contributed by atoms with Gasteiger partial charge in [-0.2, -0.15) is 0 Å². The molecule has 2 atom stereocenters. The van der Waals surface area contributed by atoms with Crippen molar-refractivity contribution in [2.24, 2.45) is 0 Å². The monoisotopic (exact) mass is 457 g/mol. The van der Waals surface area contributed by atoms with Gasteiger partial charge in [-0.05, 0) is 31.0 Å². The molecule has 2 unspecified atom stereocenters. The molecule has 160 valence electrons. The lowest BCUT2D eigenvalue weighted by Crippen LogP contribution is -2.57.